The fourth-order valence-electron chi connectivity index (χ4n) is 4.95. The molecule has 0 spiro atoms. The number of rotatable bonds is 14. The Hall–Kier alpha value is -2.93. The molecule has 1 fully saturated rings. The maximum Gasteiger partial charge on any atom is 0.220 e. The maximum atomic E-state index is 14.5. The minimum absolute atomic E-state index is 0.00777. The van der Waals surface area contributed by atoms with Gasteiger partial charge in [-0.05, 0) is 87.2 Å². The molecule has 2 aromatic carbocycles. The van der Waals surface area contributed by atoms with Crippen molar-refractivity contribution in [1.29, 1.82) is 0 Å². The molecule has 1 amide bonds. The first-order valence-electron chi connectivity index (χ1n) is 13.0. The Morgan fingerprint density at radius 2 is 1.69 bits per heavy atom. The highest BCUT2D eigenvalue weighted by Crippen LogP contribution is 2.29. The smallest absolute Gasteiger partial charge is 0.220 e. The summed E-state index contributed by atoms with van der Waals surface area (Å²) in [5.74, 6) is 0.585. The van der Waals surface area contributed by atoms with Gasteiger partial charge in [0.25, 0.3) is 0 Å². The van der Waals surface area contributed by atoms with E-state index in [1.807, 2.05) is 6.07 Å². The number of benzene rings is 2. The molecule has 0 aliphatic carbocycles. The SMILES string of the molecule is CC[C@H](c1ccc(OC)c(F)c1)[C@@H](CN1CCCC1)NC(=O)CCCCC(=O)c1ccc(OC)cc1. The topological polar surface area (TPSA) is 67.9 Å². The number of methoxy groups -OCH3 is 2. The summed E-state index contributed by atoms with van der Waals surface area (Å²) >= 11 is 0. The normalized spacial score (nSPS) is 15.3. The second-order valence-corrected chi connectivity index (χ2v) is 9.45. The summed E-state index contributed by atoms with van der Waals surface area (Å²) < 4.78 is 24.7. The molecule has 196 valence electrons. The number of carbonyl (C=O) groups excluding carboxylic acids is 2. The van der Waals surface area contributed by atoms with Crippen molar-refractivity contribution >= 4 is 11.7 Å². The van der Waals surface area contributed by atoms with Crippen LogP contribution in [-0.4, -0.2) is 56.5 Å². The first-order valence-corrected chi connectivity index (χ1v) is 13.0. The molecular weight excluding hydrogens is 459 g/mol. The van der Waals surface area contributed by atoms with E-state index in [9.17, 15) is 14.0 Å². The quantitative estimate of drug-likeness (QED) is 0.281. The predicted octanol–water partition coefficient (Wildman–Crippen LogP) is 5.36. The lowest BCUT2D eigenvalue weighted by Gasteiger charge is -2.31. The van der Waals surface area contributed by atoms with Crippen molar-refractivity contribution in [3.05, 3.63) is 59.4 Å². The largest absolute Gasteiger partial charge is 0.497 e. The van der Waals surface area contributed by atoms with Gasteiger partial charge in [-0.25, -0.2) is 4.39 Å². The molecule has 2 atom stereocenters. The van der Waals surface area contributed by atoms with Crippen molar-refractivity contribution in [3.63, 3.8) is 0 Å². The Bertz CT molecular complexity index is 989. The highest BCUT2D eigenvalue weighted by molar-refractivity contribution is 5.96. The molecule has 1 heterocycles. The molecule has 1 aliphatic rings. The van der Waals surface area contributed by atoms with Crippen molar-refractivity contribution < 1.29 is 23.5 Å². The van der Waals surface area contributed by atoms with Gasteiger partial charge >= 0.3 is 0 Å². The van der Waals surface area contributed by atoms with Gasteiger partial charge in [0.1, 0.15) is 5.75 Å². The standard InChI is InChI=1S/C29H39FN2O4/c1-4-24(22-13-16-28(36-3)25(30)19-22)26(20-32-17-7-8-18-32)31-29(34)10-6-5-9-27(33)21-11-14-23(35-2)15-12-21/h11-16,19,24,26H,4-10,17-18,20H2,1-3H3,(H,31,34)/t24-,26-/m1/s1. The second kappa shape index (κ2) is 14.0. The lowest BCUT2D eigenvalue weighted by molar-refractivity contribution is -0.122. The lowest BCUT2D eigenvalue weighted by Crippen LogP contribution is -2.46. The fourth-order valence-corrected chi connectivity index (χ4v) is 4.95. The Labute approximate surface area is 214 Å². The van der Waals surface area contributed by atoms with Crippen molar-refractivity contribution in [2.45, 2.75) is 63.8 Å². The van der Waals surface area contributed by atoms with E-state index in [1.54, 1.807) is 37.4 Å². The van der Waals surface area contributed by atoms with E-state index in [4.69, 9.17) is 9.47 Å². The van der Waals surface area contributed by atoms with E-state index in [0.29, 0.717) is 31.2 Å². The summed E-state index contributed by atoms with van der Waals surface area (Å²) in [7, 11) is 3.05. The lowest BCUT2D eigenvalue weighted by atomic mass is 9.88. The van der Waals surface area contributed by atoms with Crippen molar-refractivity contribution in [2.24, 2.45) is 0 Å². The van der Waals surface area contributed by atoms with Gasteiger partial charge in [-0.3, -0.25) is 9.59 Å². The van der Waals surface area contributed by atoms with Crippen LogP contribution in [0.5, 0.6) is 11.5 Å². The number of likely N-dealkylation sites (tertiary alicyclic amines) is 1. The van der Waals surface area contributed by atoms with E-state index in [2.05, 4.69) is 17.1 Å². The average molecular weight is 499 g/mol. The number of halogens is 1. The summed E-state index contributed by atoms with van der Waals surface area (Å²) in [5.41, 5.74) is 1.52. The monoisotopic (exact) mass is 498 g/mol. The number of hydrogen-bond donors (Lipinski definition) is 1. The van der Waals surface area contributed by atoms with Crippen molar-refractivity contribution in [2.75, 3.05) is 33.9 Å². The first kappa shape index (κ1) is 27.7. The third-order valence-electron chi connectivity index (χ3n) is 7.00. The Morgan fingerprint density at radius 3 is 2.31 bits per heavy atom. The Kier molecular flexibility index (Phi) is 10.7. The molecule has 6 nitrogen and oxygen atoms in total. The molecule has 0 bridgehead atoms. The molecule has 0 aromatic heterocycles. The highest BCUT2D eigenvalue weighted by atomic mass is 19.1. The number of ketones is 1. The summed E-state index contributed by atoms with van der Waals surface area (Å²) in [6.07, 6.45) is 5.15. The fraction of sp³-hybridized carbons (Fsp3) is 0.517. The van der Waals surface area contributed by atoms with Gasteiger partial charge in [0.15, 0.2) is 17.3 Å². The molecule has 1 aliphatic heterocycles. The molecule has 1 N–H and O–H groups in total. The first-order chi connectivity index (χ1) is 17.4. The number of amides is 1. The van der Waals surface area contributed by atoms with Crippen LogP contribution in [-0.2, 0) is 4.79 Å². The zero-order valence-electron chi connectivity index (χ0n) is 21.7. The van der Waals surface area contributed by atoms with Crippen LogP contribution in [0.1, 0.15) is 73.7 Å². The zero-order chi connectivity index (χ0) is 25.9. The molecule has 0 radical (unpaired) electrons. The molecular formula is C29H39FN2O4. The number of unbranched alkanes of at least 4 members (excludes halogenated alkanes) is 1. The number of ether oxygens (including phenoxy) is 2. The van der Waals surface area contributed by atoms with Crippen LogP contribution >= 0.6 is 0 Å². The van der Waals surface area contributed by atoms with Crippen LogP contribution in [0.25, 0.3) is 0 Å². The Balaban J connectivity index is 1.56. The molecule has 2 aromatic rings. The zero-order valence-corrected chi connectivity index (χ0v) is 21.7. The van der Waals surface area contributed by atoms with Gasteiger partial charge in [-0.2, -0.15) is 0 Å². The van der Waals surface area contributed by atoms with Crippen LogP contribution in [0.4, 0.5) is 4.39 Å². The van der Waals surface area contributed by atoms with Gasteiger partial charge in [0.2, 0.25) is 5.91 Å². The molecule has 3 rings (SSSR count). The van der Waals surface area contributed by atoms with Gasteiger partial charge < -0.3 is 19.7 Å². The highest BCUT2D eigenvalue weighted by Gasteiger charge is 2.27. The molecule has 1 saturated heterocycles. The van der Waals surface area contributed by atoms with Gasteiger partial charge in [0.05, 0.1) is 14.2 Å². The summed E-state index contributed by atoms with van der Waals surface area (Å²) in [6.45, 7) is 4.86. The van der Waals surface area contributed by atoms with Gasteiger partial charge in [-0.15, -0.1) is 0 Å². The van der Waals surface area contributed by atoms with Crippen LogP contribution in [0, 0.1) is 5.82 Å². The minimum atomic E-state index is -0.388. The summed E-state index contributed by atoms with van der Waals surface area (Å²) in [5, 5.41) is 3.24. The number of carbonyl (C=O) groups is 2. The van der Waals surface area contributed by atoms with E-state index in [-0.39, 0.29) is 35.2 Å². The number of Topliss-reactive ketones (excluding diaryl/α,β-unsaturated/α-hetero) is 1. The van der Waals surface area contributed by atoms with E-state index >= 15 is 0 Å². The van der Waals surface area contributed by atoms with E-state index in [1.165, 1.54) is 13.2 Å². The number of nitrogens with one attached hydrogen (secondary N) is 1. The van der Waals surface area contributed by atoms with Gasteiger partial charge in [0, 0.05) is 36.9 Å². The van der Waals surface area contributed by atoms with E-state index < -0.39 is 0 Å². The van der Waals surface area contributed by atoms with Crippen molar-refractivity contribution in [3.8, 4) is 11.5 Å². The molecule has 36 heavy (non-hydrogen) atoms. The van der Waals surface area contributed by atoms with Crippen LogP contribution < -0.4 is 14.8 Å². The van der Waals surface area contributed by atoms with Crippen molar-refractivity contribution in [1.82, 2.24) is 10.2 Å². The van der Waals surface area contributed by atoms with Crippen LogP contribution in [0.15, 0.2) is 42.5 Å². The summed E-state index contributed by atoms with van der Waals surface area (Å²) in [4.78, 5) is 27.7. The second-order valence-electron chi connectivity index (χ2n) is 9.45. The van der Waals surface area contributed by atoms with E-state index in [0.717, 1.165) is 50.2 Å². The molecule has 0 unspecified atom stereocenters. The predicted molar refractivity (Wildman–Crippen MR) is 139 cm³/mol. The number of hydrogen-bond acceptors (Lipinski definition) is 5. The third kappa shape index (κ3) is 7.79. The maximum absolute atomic E-state index is 14.5. The Morgan fingerprint density at radius 1 is 1.00 bits per heavy atom. The molecule has 7 heteroatoms. The average Bonchev–Trinajstić information content (AvgIpc) is 3.40. The van der Waals surface area contributed by atoms with Gasteiger partial charge in [-0.1, -0.05) is 13.0 Å². The minimum Gasteiger partial charge on any atom is -0.497 e. The van der Waals surface area contributed by atoms with Crippen LogP contribution in [0.2, 0.25) is 0 Å². The molecule has 0 saturated carbocycles. The summed E-state index contributed by atoms with van der Waals surface area (Å²) in [6, 6.07) is 12.1. The third-order valence-corrected chi connectivity index (χ3v) is 7.00. The number of nitrogens with zero attached hydrogens (tertiary/aromatic N) is 1. The van der Waals surface area contributed by atoms with Crippen LogP contribution in [0.3, 0.4) is 0 Å².